The SMILES string of the molecule is CCc1ccc(C(=O)C2CCC3CCCCC3N2)cc1. The zero-order valence-electron chi connectivity index (χ0n) is 12.4. The maximum absolute atomic E-state index is 12.6. The molecule has 2 aliphatic rings. The Bertz CT molecular complexity index is 465. The second kappa shape index (κ2) is 6.09. The average molecular weight is 271 g/mol. The smallest absolute Gasteiger partial charge is 0.179 e. The van der Waals surface area contributed by atoms with E-state index in [0.717, 1.165) is 24.3 Å². The number of fused-ring (bicyclic) bond motifs is 1. The van der Waals surface area contributed by atoms with Crippen molar-refractivity contribution >= 4 is 5.78 Å². The van der Waals surface area contributed by atoms with Gasteiger partial charge in [0.05, 0.1) is 6.04 Å². The summed E-state index contributed by atoms with van der Waals surface area (Å²) < 4.78 is 0. The first-order valence-electron chi connectivity index (χ1n) is 8.17. The zero-order chi connectivity index (χ0) is 13.9. The largest absolute Gasteiger partial charge is 0.304 e. The summed E-state index contributed by atoms with van der Waals surface area (Å²) in [6, 6.07) is 8.79. The molecule has 1 saturated carbocycles. The molecule has 0 amide bonds. The molecule has 20 heavy (non-hydrogen) atoms. The van der Waals surface area contributed by atoms with Crippen molar-refractivity contribution in [2.45, 2.75) is 64.0 Å². The highest BCUT2D eigenvalue weighted by Crippen LogP contribution is 2.32. The number of Topliss-reactive ketones (excluding diaryl/α,β-unsaturated/α-hetero) is 1. The lowest BCUT2D eigenvalue weighted by molar-refractivity contribution is 0.0861. The molecule has 3 atom stereocenters. The second-order valence-electron chi connectivity index (χ2n) is 6.36. The first-order chi connectivity index (χ1) is 9.78. The van der Waals surface area contributed by atoms with Crippen molar-refractivity contribution in [3.05, 3.63) is 35.4 Å². The van der Waals surface area contributed by atoms with Gasteiger partial charge in [-0.05, 0) is 43.6 Å². The van der Waals surface area contributed by atoms with Crippen LogP contribution in [0.2, 0.25) is 0 Å². The van der Waals surface area contributed by atoms with Gasteiger partial charge < -0.3 is 5.32 Å². The normalized spacial score (nSPS) is 29.8. The summed E-state index contributed by atoms with van der Waals surface area (Å²) in [6.45, 7) is 2.14. The van der Waals surface area contributed by atoms with E-state index in [-0.39, 0.29) is 11.8 Å². The van der Waals surface area contributed by atoms with Gasteiger partial charge >= 0.3 is 0 Å². The van der Waals surface area contributed by atoms with Crippen LogP contribution in [0, 0.1) is 5.92 Å². The predicted octanol–water partition coefficient (Wildman–Crippen LogP) is 3.74. The van der Waals surface area contributed by atoms with Gasteiger partial charge in [-0.3, -0.25) is 4.79 Å². The van der Waals surface area contributed by atoms with E-state index in [1.54, 1.807) is 0 Å². The van der Waals surface area contributed by atoms with E-state index < -0.39 is 0 Å². The third-order valence-corrected chi connectivity index (χ3v) is 5.11. The molecule has 1 aliphatic carbocycles. The maximum Gasteiger partial charge on any atom is 0.179 e. The molecule has 2 fully saturated rings. The molecule has 1 aromatic rings. The van der Waals surface area contributed by atoms with Crippen LogP contribution in [-0.4, -0.2) is 17.9 Å². The average Bonchev–Trinajstić information content (AvgIpc) is 2.54. The monoisotopic (exact) mass is 271 g/mol. The molecule has 0 aromatic heterocycles. The van der Waals surface area contributed by atoms with Crippen molar-refractivity contribution in [3.8, 4) is 0 Å². The van der Waals surface area contributed by atoms with Gasteiger partial charge in [-0.1, -0.05) is 44.0 Å². The lowest BCUT2D eigenvalue weighted by atomic mass is 9.77. The lowest BCUT2D eigenvalue weighted by Crippen LogP contribution is -2.52. The van der Waals surface area contributed by atoms with Crippen LogP contribution in [0.25, 0.3) is 0 Å². The van der Waals surface area contributed by atoms with Crippen LogP contribution in [-0.2, 0) is 6.42 Å². The van der Waals surface area contributed by atoms with Crippen LogP contribution in [0.1, 0.15) is 61.4 Å². The number of benzene rings is 1. The molecule has 0 radical (unpaired) electrons. The number of nitrogens with one attached hydrogen (secondary N) is 1. The molecule has 1 N–H and O–H groups in total. The van der Waals surface area contributed by atoms with E-state index in [1.165, 1.54) is 37.7 Å². The van der Waals surface area contributed by atoms with Crippen LogP contribution in [0.5, 0.6) is 0 Å². The Balaban J connectivity index is 1.67. The van der Waals surface area contributed by atoms with Gasteiger partial charge in [-0.2, -0.15) is 0 Å². The Hall–Kier alpha value is -1.15. The van der Waals surface area contributed by atoms with Crippen LogP contribution in [0.15, 0.2) is 24.3 Å². The number of carbonyl (C=O) groups excluding carboxylic acids is 1. The van der Waals surface area contributed by atoms with Crippen LogP contribution in [0.3, 0.4) is 0 Å². The highest BCUT2D eigenvalue weighted by Gasteiger charge is 2.34. The van der Waals surface area contributed by atoms with Crippen molar-refractivity contribution in [1.82, 2.24) is 5.32 Å². The summed E-state index contributed by atoms with van der Waals surface area (Å²) in [5, 5.41) is 3.63. The van der Waals surface area contributed by atoms with E-state index in [9.17, 15) is 4.79 Å². The third kappa shape index (κ3) is 2.80. The molecule has 3 rings (SSSR count). The molecule has 0 spiro atoms. The maximum atomic E-state index is 12.6. The highest BCUT2D eigenvalue weighted by molar-refractivity contribution is 6.00. The summed E-state index contributed by atoms with van der Waals surface area (Å²) in [7, 11) is 0. The fraction of sp³-hybridized carbons (Fsp3) is 0.611. The van der Waals surface area contributed by atoms with Crippen molar-refractivity contribution < 1.29 is 4.79 Å². The van der Waals surface area contributed by atoms with Crippen LogP contribution in [0.4, 0.5) is 0 Å². The lowest BCUT2D eigenvalue weighted by Gasteiger charge is -2.40. The number of piperidine rings is 1. The van der Waals surface area contributed by atoms with Crippen LogP contribution >= 0.6 is 0 Å². The first-order valence-corrected chi connectivity index (χ1v) is 8.17. The molecule has 2 heteroatoms. The Kier molecular flexibility index (Phi) is 4.21. The Labute approximate surface area is 122 Å². The van der Waals surface area contributed by atoms with Gasteiger partial charge in [0.15, 0.2) is 5.78 Å². The number of hydrogen-bond donors (Lipinski definition) is 1. The van der Waals surface area contributed by atoms with Crippen molar-refractivity contribution in [2.75, 3.05) is 0 Å². The molecule has 2 nitrogen and oxygen atoms in total. The second-order valence-corrected chi connectivity index (χ2v) is 6.36. The molecular formula is C18H25NO. The molecular weight excluding hydrogens is 246 g/mol. The van der Waals surface area contributed by atoms with Gasteiger partial charge in [0.1, 0.15) is 0 Å². The minimum Gasteiger partial charge on any atom is -0.304 e. The summed E-state index contributed by atoms with van der Waals surface area (Å²) in [4.78, 5) is 12.6. The van der Waals surface area contributed by atoms with E-state index in [0.29, 0.717) is 6.04 Å². The number of rotatable bonds is 3. The zero-order valence-corrected chi connectivity index (χ0v) is 12.4. The molecule has 1 aromatic carbocycles. The molecule has 3 unspecified atom stereocenters. The van der Waals surface area contributed by atoms with Gasteiger partial charge in [0, 0.05) is 11.6 Å². The highest BCUT2D eigenvalue weighted by atomic mass is 16.1. The molecule has 0 bridgehead atoms. The fourth-order valence-corrected chi connectivity index (χ4v) is 3.81. The van der Waals surface area contributed by atoms with E-state index in [2.05, 4.69) is 24.4 Å². The van der Waals surface area contributed by atoms with Crippen LogP contribution < -0.4 is 5.32 Å². The molecule has 108 valence electrons. The first kappa shape index (κ1) is 13.8. The van der Waals surface area contributed by atoms with Gasteiger partial charge in [0.25, 0.3) is 0 Å². The summed E-state index contributed by atoms with van der Waals surface area (Å²) in [6.07, 6.45) is 8.56. The standard InChI is InChI=1S/C18H25NO/c1-2-13-7-9-15(10-8-13)18(20)17-12-11-14-5-3-4-6-16(14)19-17/h7-10,14,16-17,19H,2-6,11-12H2,1H3. The Morgan fingerprint density at radius 1 is 1.10 bits per heavy atom. The summed E-state index contributed by atoms with van der Waals surface area (Å²) in [5.74, 6) is 1.10. The van der Waals surface area contributed by atoms with E-state index in [1.807, 2.05) is 12.1 Å². The Morgan fingerprint density at radius 3 is 2.60 bits per heavy atom. The van der Waals surface area contributed by atoms with Crippen molar-refractivity contribution in [3.63, 3.8) is 0 Å². The predicted molar refractivity (Wildman–Crippen MR) is 82.1 cm³/mol. The Morgan fingerprint density at radius 2 is 1.85 bits per heavy atom. The fourth-order valence-electron chi connectivity index (χ4n) is 3.81. The molecule has 1 aliphatic heterocycles. The number of ketones is 1. The number of hydrogen-bond acceptors (Lipinski definition) is 2. The van der Waals surface area contributed by atoms with Gasteiger partial charge in [-0.15, -0.1) is 0 Å². The van der Waals surface area contributed by atoms with E-state index >= 15 is 0 Å². The quantitative estimate of drug-likeness (QED) is 0.848. The summed E-state index contributed by atoms with van der Waals surface area (Å²) in [5.41, 5.74) is 2.17. The summed E-state index contributed by atoms with van der Waals surface area (Å²) >= 11 is 0. The minimum absolute atomic E-state index is 0.0434. The molecule has 1 saturated heterocycles. The number of aryl methyl sites for hydroxylation is 1. The number of carbonyl (C=O) groups is 1. The third-order valence-electron chi connectivity index (χ3n) is 5.11. The van der Waals surface area contributed by atoms with E-state index in [4.69, 9.17) is 0 Å². The van der Waals surface area contributed by atoms with Crippen molar-refractivity contribution in [1.29, 1.82) is 0 Å². The van der Waals surface area contributed by atoms with Gasteiger partial charge in [-0.25, -0.2) is 0 Å². The van der Waals surface area contributed by atoms with Gasteiger partial charge in [0.2, 0.25) is 0 Å². The van der Waals surface area contributed by atoms with Crippen molar-refractivity contribution in [2.24, 2.45) is 5.92 Å². The molecule has 1 heterocycles. The topological polar surface area (TPSA) is 29.1 Å². The minimum atomic E-state index is 0.0434.